The summed E-state index contributed by atoms with van der Waals surface area (Å²) >= 11 is 0. The number of carbonyl (C=O) groups excluding carboxylic acids is 1. The normalized spacial score (nSPS) is 18.3. The number of aryl methyl sites for hydroxylation is 3. The second-order valence-corrected chi connectivity index (χ2v) is 7.79. The summed E-state index contributed by atoms with van der Waals surface area (Å²) in [6, 6.07) is 0. The number of nitrogens with one attached hydrogen (secondary N) is 1. The van der Waals surface area contributed by atoms with Crippen LogP contribution in [0.4, 0.5) is 0 Å². The van der Waals surface area contributed by atoms with Gasteiger partial charge in [-0.2, -0.15) is 5.10 Å². The van der Waals surface area contributed by atoms with Crippen molar-refractivity contribution in [3.8, 4) is 0 Å². The zero-order valence-electron chi connectivity index (χ0n) is 16.4. The molecule has 0 aromatic carbocycles. The van der Waals surface area contributed by atoms with Crippen LogP contribution >= 0.6 is 0 Å². The number of nitrogens with zero attached hydrogens (tertiary/aromatic N) is 4. The highest BCUT2D eigenvalue weighted by Gasteiger charge is 2.39. The molecule has 0 saturated carbocycles. The van der Waals surface area contributed by atoms with E-state index in [0.29, 0.717) is 56.8 Å². The number of fused-ring (bicyclic) bond motifs is 1. The van der Waals surface area contributed by atoms with Crippen molar-refractivity contribution >= 4 is 11.9 Å². The van der Waals surface area contributed by atoms with Crippen LogP contribution in [-0.4, -0.2) is 56.8 Å². The summed E-state index contributed by atoms with van der Waals surface area (Å²) in [5.74, 6) is -1.21. The van der Waals surface area contributed by atoms with Gasteiger partial charge in [0.15, 0.2) is 0 Å². The Labute approximate surface area is 167 Å². The zero-order chi connectivity index (χ0) is 20.4. The van der Waals surface area contributed by atoms with Crippen molar-refractivity contribution in [1.82, 2.24) is 25.4 Å². The number of hydrogen-bond acceptors (Lipinski definition) is 7. The molecule has 0 atom stereocenters. The molecular formula is C19H25N5O5. The molecule has 0 aliphatic carbocycles. The van der Waals surface area contributed by atoms with E-state index in [-0.39, 0.29) is 17.0 Å². The summed E-state index contributed by atoms with van der Waals surface area (Å²) in [5.41, 5.74) is 2.63. The van der Waals surface area contributed by atoms with Crippen molar-refractivity contribution in [3.63, 3.8) is 0 Å². The molecule has 156 valence electrons. The van der Waals surface area contributed by atoms with E-state index in [1.165, 1.54) is 0 Å². The minimum Gasteiger partial charge on any atom is -0.476 e. The third kappa shape index (κ3) is 3.76. The molecule has 1 fully saturated rings. The predicted octanol–water partition coefficient (Wildman–Crippen LogP) is 1.24. The highest BCUT2D eigenvalue weighted by Crippen LogP contribution is 2.37. The second-order valence-electron chi connectivity index (χ2n) is 7.79. The van der Waals surface area contributed by atoms with Crippen LogP contribution in [0.2, 0.25) is 0 Å². The summed E-state index contributed by atoms with van der Waals surface area (Å²) in [5, 5.41) is 24.1. The van der Waals surface area contributed by atoms with Gasteiger partial charge < -0.3 is 15.2 Å². The van der Waals surface area contributed by atoms with E-state index in [1.807, 2.05) is 11.6 Å². The lowest BCUT2D eigenvalue weighted by atomic mass is 9.76. The maximum Gasteiger partial charge on any atom is 0.360 e. The standard InChI is InChI=1S/C19H25N5O5/c1-2-12-15-14(10-19(11-20-17(15)25)5-8-28-9-6-19)24(21-12)7-3-4-13-16(18(26)27)23-29-22-13/h2-11H2,1H3,(H,20,25)(H,26,27). The topological polar surface area (TPSA) is 132 Å². The molecule has 0 bridgehead atoms. The van der Waals surface area contributed by atoms with E-state index in [1.54, 1.807) is 0 Å². The molecule has 10 heteroatoms. The second kappa shape index (κ2) is 7.94. The number of carbonyl (C=O) groups is 2. The van der Waals surface area contributed by atoms with E-state index >= 15 is 0 Å². The first kappa shape index (κ1) is 19.6. The first-order valence-electron chi connectivity index (χ1n) is 10.0. The first-order valence-corrected chi connectivity index (χ1v) is 10.0. The van der Waals surface area contributed by atoms with Gasteiger partial charge in [-0.05, 0) is 49.1 Å². The van der Waals surface area contributed by atoms with Crippen molar-refractivity contribution in [1.29, 1.82) is 0 Å². The summed E-state index contributed by atoms with van der Waals surface area (Å²) < 4.78 is 12.0. The Hall–Kier alpha value is -2.75. The Balaban J connectivity index is 1.57. The van der Waals surface area contributed by atoms with Gasteiger partial charge in [0.1, 0.15) is 5.69 Å². The van der Waals surface area contributed by atoms with E-state index < -0.39 is 5.97 Å². The number of amides is 1. The van der Waals surface area contributed by atoms with Gasteiger partial charge in [-0.15, -0.1) is 0 Å². The number of rotatable bonds is 6. The molecule has 4 heterocycles. The molecule has 2 aliphatic rings. The highest BCUT2D eigenvalue weighted by molar-refractivity contribution is 5.97. The molecule has 0 radical (unpaired) electrons. The molecule has 2 aliphatic heterocycles. The fraction of sp³-hybridized carbons (Fsp3) is 0.632. The Morgan fingerprint density at radius 3 is 2.79 bits per heavy atom. The number of aromatic carboxylic acids is 1. The SMILES string of the molecule is CCc1nn(CCCc2nonc2C(=O)O)c2c1C(=O)NCC1(CCOCC1)C2. The fourth-order valence-corrected chi connectivity index (χ4v) is 4.29. The molecule has 29 heavy (non-hydrogen) atoms. The van der Waals surface area contributed by atoms with E-state index in [9.17, 15) is 9.59 Å². The molecule has 0 unspecified atom stereocenters. The highest BCUT2D eigenvalue weighted by atomic mass is 16.6. The fourth-order valence-electron chi connectivity index (χ4n) is 4.29. The minimum atomic E-state index is -1.15. The summed E-state index contributed by atoms with van der Waals surface area (Å²) in [6.07, 6.45) is 4.30. The lowest BCUT2D eigenvalue weighted by molar-refractivity contribution is 0.0152. The number of ether oxygens (including phenoxy) is 1. The average molecular weight is 403 g/mol. The van der Waals surface area contributed by atoms with Crippen LogP contribution in [0.3, 0.4) is 0 Å². The van der Waals surface area contributed by atoms with Gasteiger partial charge in [-0.25, -0.2) is 9.42 Å². The third-order valence-corrected chi connectivity index (χ3v) is 5.95. The summed E-state index contributed by atoms with van der Waals surface area (Å²) in [7, 11) is 0. The number of carboxylic acid groups (broad SMARTS) is 1. The van der Waals surface area contributed by atoms with Gasteiger partial charge in [0, 0.05) is 26.3 Å². The number of carboxylic acids is 1. The van der Waals surface area contributed by atoms with Gasteiger partial charge in [0.25, 0.3) is 5.91 Å². The van der Waals surface area contributed by atoms with Crippen LogP contribution in [0.1, 0.15) is 64.1 Å². The monoisotopic (exact) mass is 403 g/mol. The minimum absolute atomic E-state index is 0.00549. The third-order valence-electron chi connectivity index (χ3n) is 5.95. The van der Waals surface area contributed by atoms with Gasteiger partial charge in [0.2, 0.25) is 5.69 Å². The number of hydrogen-bond donors (Lipinski definition) is 2. The van der Waals surface area contributed by atoms with Crippen LogP contribution in [0.5, 0.6) is 0 Å². The van der Waals surface area contributed by atoms with Crippen molar-refractivity contribution in [2.24, 2.45) is 5.41 Å². The van der Waals surface area contributed by atoms with Crippen LogP contribution in [0.25, 0.3) is 0 Å². The van der Waals surface area contributed by atoms with Crippen molar-refractivity contribution < 1.29 is 24.1 Å². The molecule has 4 rings (SSSR count). The predicted molar refractivity (Wildman–Crippen MR) is 99.7 cm³/mol. The molecule has 2 aromatic heterocycles. The van der Waals surface area contributed by atoms with Gasteiger partial charge in [-0.1, -0.05) is 12.1 Å². The quantitative estimate of drug-likeness (QED) is 0.736. The molecule has 1 spiro atoms. The Kier molecular flexibility index (Phi) is 5.35. The Bertz CT molecular complexity index is 912. The molecule has 1 saturated heterocycles. The summed E-state index contributed by atoms with van der Waals surface area (Å²) in [6.45, 7) is 4.62. The number of aromatic nitrogens is 4. The Morgan fingerprint density at radius 2 is 2.07 bits per heavy atom. The molecular weight excluding hydrogens is 378 g/mol. The maximum atomic E-state index is 12.8. The van der Waals surface area contributed by atoms with Crippen molar-refractivity contribution in [2.75, 3.05) is 19.8 Å². The molecule has 2 N–H and O–H groups in total. The molecule has 2 aromatic rings. The van der Waals surface area contributed by atoms with Crippen molar-refractivity contribution in [2.45, 2.75) is 52.0 Å². The summed E-state index contributed by atoms with van der Waals surface area (Å²) in [4.78, 5) is 24.0. The van der Waals surface area contributed by atoms with Crippen LogP contribution < -0.4 is 5.32 Å². The van der Waals surface area contributed by atoms with Gasteiger partial charge >= 0.3 is 5.97 Å². The zero-order valence-corrected chi connectivity index (χ0v) is 16.4. The smallest absolute Gasteiger partial charge is 0.360 e. The van der Waals surface area contributed by atoms with Crippen LogP contribution in [0.15, 0.2) is 4.63 Å². The van der Waals surface area contributed by atoms with Crippen LogP contribution in [0, 0.1) is 5.41 Å². The maximum absolute atomic E-state index is 12.8. The first-order chi connectivity index (χ1) is 14.0. The molecule has 10 nitrogen and oxygen atoms in total. The van der Waals surface area contributed by atoms with Gasteiger partial charge in [-0.3, -0.25) is 9.48 Å². The lowest BCUT2D eigenvalue weighted by Crippen LogP contribution is -2.40. The lowest BCUT2D eigenvalue weighted by Gasteiger charge is -2.36. The largest absolute Gasteiger partial charge is 0.476 e. The van der Waals surface area contributed by atoms with Crippen LogP contribution in [-0.2, 0) is 30.5 Å². The molecule has 1 amide bonds. The van der Waals surface area contributed by atoms with Gasteiger partial charge in [0.05, 0.1) is 17.0 Å². The van der Waals surface area contributed by atoms with Crippen molar-refractivity contribution in [3.05, 3.63) is 28.3 Å². The van der Waals surface area contributed by atoms with E-state index in [2.05, 4.69) is 20.3 Å². The van der Waals surface area contributed by atoms with E-state index in [4.69, 9.17) is 14.9 Å². The average Bonchev–Trinajstić information content (AvgIpc) is 3.29. The Morgan fingerprint density at radius 1 is 1.28 bits per heavy atom. The van der Waals surface area contributed by atoms with E-state index in [0.717, 1.165) is 30.7 Å².